The van der Waals surface area contributed by atoms with Gasteiger partial charge in [-0.15, -0.1) is 6.58 Å². The van der Waals surface area contributed by atoms with Gasteiger partial charge in [0.05, 0.1) is 30.5 Å². The molecule has 2 heterocycles. The molecule has 1 aliphatic heterocycles. The minimum absolute atomic E-state index is 0.192. The number of aryl methyl sites for hydroxylation is 1. The first kappa shape index (κ1) is 25.1. The number of likely N-dealkylation sites (tertiary alicyclic amines) is 1. The molecule has 2 atom stereocenters. The Balaban J connectivity index is 0.000000451. The summed E-state index contributed by atoms with van der Waals surface area (Å²) in [5, 5.41) is 20.5. The molecule has 32 heavy (non-hydrogen) atoms. The second-order valence-electron chi connectivity index (χ2n) is 7.33. The van der Waals surface area contributed by atoms with Crippen LogP contribution in [0, 0.1) is 11.3 Å². The van der Waals surface area contributed by atoms with E-state index in [-0.39, 0.29) is 6.10 Å². The molecule has 10 heteroatoms. The van der Waals surface area contributed by atoms with E-state index < -0.39 is 12.1 Å². The Morgan fingerprint density at radius 3 is 2.72 bits per heavy atom. The molecule has 0 unspecified atom stereocenters. The van der Waals surface area contributed by atoms with Gasteiger partial charge in [0.15, 0.2) is 0 Å². The second-order valence-corrected chi connectivity index (χ2v) is 7.33. The molecule has 0 aliphatic carbocycles. The van der Waals surface area contributed by atoms with Crippen LogP contribution in [0.1, 0.15) is 23.1 Å². The van der Waals surface area contributed by atoms with Crippen LogP contribution in [0.25, 0.3) is 0 Å². The van der Waals surface area contributed by atoms with Crippen LogP contribution in [-0.4, -0.2) is 57.2 Å². The van der Waals surface area contributed by atoms with Gasteiger partial charge in [-0.3, -0.25) is 9.58 Å². The Morgan fingerprint density at radius 1 is 1.44 bits per heavy atom. The summed E-state index contributed by atoms with van der Waals surface area (Å²) < 4.78 is 39.6. The van der Waals surface area contributed by atoms with Crippen LogP contribution in [0.2, 0.25) is 0 Å². The minimum Gasteiger partial charge on any atom is -0.475 e. The average Bonchev–Trinajstić information content (AvgIpc) is 3.32. The van der Waals surface area contributed by atoms with Gasteiger partial charge >= 0.3 is 12.1 Å². The number of nitriles is 1. The maximum Gasteiger partial charge on any atom is 0.490 e. The normalized spacial score (nSPS) is 18.5. The summed E-state index contributed by atoms with van der Waals surface area (Å²) in [7, 11) is 1.94. The molecule has 0 bridgehead atoms. The number of rotatable bonds is 7. The van der Waals surface area contributed by atoms with E-state index in [4.69, 9.17) is 19.9 Å². The van der Waals surface area contributed by atoms with Crippen molar-refractivity contribution in [2.75, 3.05) is 13.2 Å². The van der Waals surface area contributed by atoms with Crippen molar-refractivity contribution < 1.29 is 27.8 Å². The number of alkyl halides is 3. The average molecular weight is 450 g/mol. The molecule has 2 aromatic rings. The maximum absolute atomic E-state index is 10.6. The van der Waals surface area contributed by atoms with Crippen molar-refractivity contribution in [2.24, 2.45) is 7.05 Å². The quantitative estimate of drug-likeness (QED) is 0.651. The standard InChI is InChI=1S/C20H24N4O.C2HF3O2/c1-3-9-25-20-7-8-24(15-17-6-4-5-16(10-17)12-21)19(20)11-18-13-22-23(2)14-18;3-2(4,5)1(6)7/h3-6,10,13-14,19-20H,1,7-9,11,15H2,2H3;(H,6,7)/t19-,20-;/m0./s1. The summed E-state index contributed by atoms with van der Waals surface area (Å²) in [6, 6.07) is 10.4. The van der Waals surface area contributed by atoms with Crippen molar-refractivity contribution in [2.45, 2.75) is 37.7 Å². The Kier molecular flexibility index (Phi) is 8.99. The lowest BCUT2D eigenvalue weighted by Crippen LogP contribution is -2.37. The summed E-state index contributed by atoms with van der Waals surface area (Å²) in [6.45, 7) is 6.15. The van der Waals surface area contributed by atoms with E-state index in [1.165, 1.54) is 11.1 Å². The lowest BCUT2D eigenvalue weighted by Gasteiger charge is -2.28. The number of hydrogen-bond donors (Lipinski definition) is 1. The highest BCUT2D eigenvalue weighted by atomic mass is 19.4. The van der Waals surface area contributed by atoms with E-state index in [1.54, 1.807) is 6.08 Å². The number of carbonyl (C=O) groups is 1. The third-order valence-electron chi connectivity index (χ3n) is 4.91. The lowest BCUT2D eigenvalue weighted by atomic mass is 10.0. The molecule has 1 aromatic carbocycles. The van der Waals surface area contributed by atoms with Gasteiger partial charge in [0.25, 0.3) is 0 Å². The molecule has 1 aromatic heterocycles. The van der Waals surface area contributed by atoms with Gasteiger partial charge in [-0.1, -0.05) is 18.2 Å². The number of aromatic nitrogens is 2. The van der Waals surface area contributed by atoms with Gasteiger partial charge in [0.2, 0.25) is 0 Å². The van der Waals surface area contributed by atoms with Gasteiger partial charge in [-0.2, -0.15) is 23.5 Å². The van der Waals surface area contributed by atoms with Crippen LogP contribution >= 0.6 is 0 Å². The summed E-state index contributed by atoms with van der Waals surface area (Å²) >= 11 is 0. The maximum atomic E-state index is 10.6. The van der Waals surface area contributed by atoms with E-state index in [2.05, 4.69) is 34.9 Å². The molecule has 0 radical (unpaired) electrons. The van der Waals surface area contributed by atoms with Crippen LogP contribution in [0.4, 0.5) is 13.2 Å². The Labute approximate surface area is 184 Å². The molecule has 1 aliphatic rings. The Hall–Kier alpha value is -3.16. The predicted octanol–water partition coefficient (Wildman–Crippen LogP) is 3.31. The molecule has 7 nitrogen and oxygen atoms in total. The zero-order valence-electron chi connectivity index (χ0n) is 17.6. The largest absolute Gasteiger partial charge is 0.490 e. The fourth-order valence-electron chi connectivity index (χ4n) is 3.52. The van der Waals surface area contributed by atoms with Gasteiger partial charge in [-0.05, 0) is 36.1 Å². The van der Waals surface area contributed by atoms with E-state index in [0.29, 0.717) is 18.2 Å². The van der Waals surface area contributed by atoms with E-state index in [9.17, 15) is 13.2 Å². The number of hydrogen-bond acceptors (Lipinski definition) is 5. The topological polar surface area (TPSA) is 91.4 Å². The fraction of sp³-hybridized carbons (Fsp3) is 0.409. The number of nitrogens with zero attached hydrogens (tertiary/aromatic N) is 4. The van der Waals surface area contributed by atoms with Crippen molar-refractivity contribution >= 4 is 5.97 Å². The van der Waals surface area contributed by atoms with Crippen LogP contribution in [0.5, 0.6) is 0 Å². The lowest BCUT2D eigenvalue weighted by molar-refractivity contribution is -0.192. The molecule has 3 rings (SSSR count). The van der Waals surface area contributed by atoms with Gasteiger partial charge in [-0.25, -0.2) is 4.79 Å². The molecule has 0 saturated carbocycles. The SMILES string of the molecule is C=CCO[C@H]1CCN(Cc2cccc(C#N)c2)[C@H]1Cc1cnn(C)c1.O=C(O)C(F)(F)F. The zero-order valence-corrected chi connectivity index (χ0v) is 17.6. The monoisotopic (exact) mass is 450 g/mol. The number of halogens is 3. The van der Waals surface area contributed by atoms with Crippen LogP contribution < -0.4 is 0 Å². The van der Waals surface area contributed by atoms with Crippen LogP contribution in [-0.2, 0) is 29.5 Å². The highest BCUT2D eigenvalue weighted by molar-refractivity contribution is 5.73. The van der Waals surface area contributed by atoms with E-state index in [1.807, 2.05) is 36.1 Å². The molecule has 1 fully saturated rings. The third-order valence-corrected chi connectivity index (χ3v) is 4.91. The first-order valence-electron chi connectivity index (χ1n) is 9.87. The molecular formula is C22H25F3N4O3. The van der Waals surface area contributed by atoms with Crippen molar-refractivity contribution in [3.63, 3.8) is 0 Å². The summed E-state index contributed by atoms with van der Waals surface area (Å²) in [5.41, 5.74) is 3.09. The van der Waals surface area contributed by atoms with Crippen molar-refractivity contribution in [3.05, 3.63) is 66.0 Å². The number of carboxylic acids is 1. The number of carboxylic acid groups (broad SMARTS) is 1. The minimum atomic E-state index is -5.08. The highest BCUT2D eigenvalue weighted by Gasteiger charge is 2.38. The van der Waals surface area contributed by atoms with Crippen LogP contribution in [0.3, 0.4) is 0 Å². The van der Waals surface area contributed by atoms with Crippen LogP contribution in [0.15, 0.2) is 49.3 Å². The van der Waals surface area contributed by atoms with Crippen molar-refractivity contribution in [1.29, 1.82) is 5.26 Å². The second kappa shape index (κ2) is 11.5. The van der Waals surface area contributed by atoms with Gasteiger partial charge < -0.3 is 9.84 Å². The fourth-order valence-corrected chi connectivity index (χ4v) is 3.52. The van der Waals surface area contributed by atoms with Gasteiger partial charge in [0.1, 0.15) is 0 Å². The molecule has 172 valence electrons. The first-order chi connectivity index (χ1) is 15.1. The first-order valence-corrected chi connectivity index (χ1v) is 9.87. The molecule has 1 N–H and O–H groups in total. The molecule has 0 amide bonds. The summed E-state index contributed by atoms with van der Waals surface area (Å²) in [4.78, 5) is 11.4. The Bertz CT molecular complexity index is 952. The predicted molar refractivity (Wildman–Crippen MR) is 111 cm³/mol. The van der Waals surface area contributed by atoms with E-state index in [0.717, 1.165) is 25.9 Å². The zero-order chi connectivity index (χ0) is 23.7. The summed E-state index contributed by atoms with van der Waals surface area (Å²) in [5.74, 6) is -2.76. The number of aliphatic carboxylic acids is 1. The molecule has 1 saturated heterocycles. The van der Waals surface area contributed by atoms with Crippen molar-refractivity contribution in [3.8, 4) is 6.07 Å². The third kappa shape index (κ3) is 7.51. The number of ether oxygens (including phenoxy) is 1. The Morgan fingerprint density at radius 2 is 2.16 bits per heavy atom. The smallest absolute Gasteiger partial charge is 0.475 e. The summed E-state index contributed by atoms with van der Waals surface area (Å²) in [6.07, 6.45) is 2.83. The molecular weight excluding hydrogens is 425 g/mol. The highest BCUT2D eigenvalue weighted by Crippen LogP contribution is 2.26. The molecule has 0 spiro atoms. The van der Waals surface area contributed by atoms with Crippen molar-refractivity contribution in [1.82, 2.24) is 14.7 Å². The number of benzene rings is 1. The van der Waals surface area contributed by atoms with E-state index >= 15 is 0 Å². The van der Waals surface area contributed by atoms with Gasteiger partial charge in [0, 0.05) is 32.4 Å².